The van der Waals surface area contributed by atoms with Crippen molar-refractivity contribution in [1.29, 1.82) is 0 Å². The molecule has 1 saturated carbocycles. The highest BCUT2D eigenvalue weighted by Gasteiger charge is 2.25. The van der Waals surface area contributed by atoms with Crippen molar-refractivity contribution in [2.24, 2.45) is 4.99 Å². The highest BCUT2D eigenvalue weighted by atomic mass is 15.0. The van der Waals surface area contributed by atoms with Gasteiger partial charge in [-0.25, -0.2) is 0 Å². The number of aliphatic imine (C=N–C) groups is 1. The van der Waals surface area contributed by atoms with Crippen molar-refractivity contribution in [3.8, 4) is 0 Å². The molecule has 1 aromatic rings. The van der Waals surface area contributed by atoms with Crippen LogP contribution in [0.5, 0.6) is 0 Å². The van der Waals surface area contributed by atoms with E-state index >= 15 is 0 Å². The fourth-order valence-electron chi connectivity index (χ4n) is 3.79. The van der Waals surface area contributed by atoms with E-state index in [4.69, 9.17) is 4.99 Å². The van der Waals surface area contributed by atoms with Crippen LogP contribution in [-0.2, 0) is 0 Å². The molecule has 21 heavy (non-hydrogen) atoms. The average molecular weight is 284 g/mol. The molecule has 0 aromatic heterocycles. The van der Waals surface area contributed by atoms with E-state index in [1.807, 2.05) is 0 Å². The fourth-order valence-corrected chi connectivity index (χ4v) is 3.79. The molecule has 1 aliphatic carbocycles. The lowest BCUT2D eigenvalue weighted by molar-refractivity contribution is 0.462. The highest BCUT2D eigenvalue weighted by Crippen LogP contribution is 2.32. The molecule has 0 saturated heterocycles. The van der Waals surface area contributed by atoms with Gasteiger partial charge in [-0.1, -0.05) is 56.0 Å². The Morgan fingerprint density at radius 3 is 2.57 bits per heavy atom. The molecule has 0 unspecified atom stereocenters. The lowest BCUT2D eigenvalue weighted by atomic mass is 9.87. The van der Waals surface area contributed by atoms with Crippen molar-refractivity contribution < 1.29 is 0 Å². The molecular weight excluding hydrogens is 256 g/mol. The molecule has 1 fully saturated rings. The Morgan fingerprint density at radius 2 is 1.67 bits per heavy atom. The van der Waals surface area contributed by atoms with E-state index in [1.165, 1.54) is 62.8 Å². The van der Waals surface area contributed by atoms with Crippen molar-refractivity contribution >= 4 is 5.84 Å². The van der Waals surface area contributed by atoms with E-state index in [1.54, 1.807) is 0 Å². The summed E-state index contributed by atoms with van der Waals surface area (Å²) in [6, 6.07) is 11.7. The molecule has 2 aliphatic rings. The third kappa shape index (κ3) is 4.09. The van der Waals surface area contributed by atoms with Crippen molar-refractivity contribution in [2.75, 3.05) is 6.54 Å². The normalized spacial score (nSPS) is 27.3. The number of benzene rings is 1. The van der Waals surface area contributed by atoms with Crippen LogP contribution < -0.4 is 5.32 Å². The first-order valence-electron chi connectivity index (χ1n) is 8.78. The van der Waals surface area contributed by atoms with Crippen LogP contribution in [-0.4, -0.2) is 18.4 Å². The number of nitrogens with zero attached hydrogens (tertiary/aromatic N) is 1. The van der Waals surface area contributed by atoms with Gasteiger partial charge in [-0.3, -0.25) is 4.99 Å². The van der Waals surface area contributed by atoms with Crippen LogP contribution in [0.2, 0.25) is 0 Å². The smallest absolute Gasteiger partial charge is 0.0965 e. The SMILES string of the molecule is c1ccc([C@@H]2CCCCC[C@H]2NC2=NCCCCC2)cc1. The van der Waals surface area contributed by atoms with E-state index in [0.29, 0.717) is 12.0 Å². The van der Waals surface area contributed by atoms with Gasteiger partial charge in [-0.05, 0) is 31.2 Å². The Kier molecular flexibility index (Phi) is 5.31. The Morgan fingerprint density at radius 1 is 0.857 bits per heavy atom. The molecule has 2 atom stereocenters. The molecule has 1 heterocycles. The molecule has 0 amide bonds. The van der Waals surface area contributed by atoms with Crippen LogP contribution in [0.4, 0.5) is 0 Å². The fraction of sp³-hybridized carbons (Fsp3) is 0.632. The molecule has 3 rings (SSSR count). The van der Waals surface area contributed by atoms with E-state index in [2.05, 4.69) is 35.6 Å². The van der Waals surface area contributed by atoms with Gasteiger partial charge in [-0.15, -0.1) is 0 Å². The number of nitrogens with one attached hydrogen (secondary N) is 1. The third-order valence-corrected chi connectivity index (χ3v) is 4.97. The van der Waals surface area contributed by atoms with Crippen molar-refractivity contribution in [3.63, 3.8) is 0 Å². The minimum Gasteiger partial charge on any atom is -0.370 e. The quantitative estimate of drug-likeness (QED) is 0.784. The average Bonchev–Trinajstić information content (AvgIpc) is 2.91. The van der Waals surface area contributed by atoms with Gasteiger partial charge in [-0.2, -0.15) is 0 Å². The zero-order chi connectivity index (χ0) is 14.3. The zero-order valence-electron chi connectivity index (χ0n) is 13.1. The number of rotatable bonds is 2. The molecule has 2 heteroatoms. The van der Waals surface area contributed by atoms with Gasteiger partial charge in [0.15, 0.2) is 0 Å². The second-order valence-corrected chi connectivity index (χ2v) is 6.55. The molecule has 0 radical (unpaired) electrons. The van der Waals surface area contributed by atoms with Crippen LogP contribution in [0.25, 0.3) is 0 Å². The largest absolute Gasteiger partial charge is 0.370 e. The van der Waals surface area contributed by atoms with Crippen molar-refractivity contribution in [3.05, 3.63) is 35.9 Å². The number of hydrogen-bond donors (Lipinski definition) is 1. The van der Waals surface area contributed by atoms with Gasteiger partial charge < -0.3 is 5.32 Å². The Balaban J connectivity index is 1.74. The maximum atomic E-state index is 4.78. The highest BCUT2D eigenvalue weighted by molar-refractivity contribution is 5.82. The molecule has 1 N–H and O–H groups in total. The first kappa shape index (κ1) is 14.6. The number of hydrogen-bond acceptors (Lipinski definition) is 2. The van der Waals surface area contributed by atoms with Gasteiger partial charge >= 0.3 is 0 Å². The topological polar surface area (TPSA) is 24.4 Å². The van der Waals surface area contributed by atoms with Crippen LogP contribution in [0.3, 0.4) is 0 Å². The van der Waals surface area contributed by atoms with E-state index in [9.17, 15) is 0 Å². The number of amidine groups is 1. The molecular formula is C19H28N2. The first-order valence-corrected chi connectivity index (χ1v) is 8.78. The second kappa shape index (κ2) is 7.63. The van der Waals surface area contributed by atoms with E-state index in [0.717, 1.165) is 13.0 Å². The molecule has 114 valence electrons. The summed E-state index contributed by atoms with van der Waals surface area (Å²) >= 11 is 0. The Hall–Kier alpha value is -1.31. The van der Waals surface area contributed by atoms with Crippen molar-refractivity contribution in [2.45, 2.75) is 69.7 Å². The maximum absolute atomic E-state index is 4.78. The van der Waals surface area contributed by atoms with Crippen LogP contribution in [0.15, 0.2) is 35.3 Å². The zero-order valence-corrected chi connectivity index (χ0v) is 13.1. The molecule has 1 aromatic carbocycles. The summed E-state index contributed by atoms with van der Waals surface area (Å²) in [6.07, 6.45) is 11.8. The third-order valence-electron chi connectivity index (χ3n) is 4.97. The lowest BCUT2D eigenvalue weighted by Gasteiger charge is -2.28. The minimum atomic E-state index is 0.576. The van der Waals surface area contributed by atoms with Crippen LogP contribution in [0.1, 0.15) is 69.3 Å². The Bertz CT molecular complexity index is 452. The summed E-state index contributed by atoms with van der Waals surface area (Å²) in [6.45, 7) is 1.02. The van der Waals surface area contributed by atoms with Gasteiger partial charge in [0.2, 0.25) is 0 Å². The summed E-state index contributed by atoms with van der Waals surface area (Å²) in [7, 11) is 0. The van der Waals surface area contributed by atoms with Gasteiger partial charge in [0.1, 0.15) is 0 Å². The summed E-state index contributed by atoms with van der Waals surface area (Å²) in [5, 5.41) is 3.84. The monoisotopic (exact) mass is 284 g/mol. The minimum absolute atomic E-state index is 0.576. The summed E-state index contributed by atoms with van der Waals surface area (Å²) in [4.78, 5) is 4.78. The van der Waals surface area contributed by atoms with Gasteiger partial charge in [0.25, 0.3) is 0 Å². The van der Waals surface area contributed by atoms with Gasteiger partial charge in [0.05, 0.1) is 5.84 Å². The second-order valence-electron chi connectivity index (χ2n) is 6.55. The van der Waals surface area contributed by atoms with Crippen LogP contribution in [0, 0.1) is 0 Å². The van der Waals surface area contributed by atoms with Gasteiger partial charge in [0, 0.05) is 24.9 Å². The predicted molar refractivity (Wildman–Crippen MR) is 90.0 cm³/mol. The Labute approximate surface area is 129 Å². The summed E-state index contributed by atoms with van der Waals surface area (Å²) < 4.78 is 0. The van der Waals surface area contributed by atoms with E-state index < -0.39 is 0 Å². The predicted octanol–water partition coefficient (Wildman–Crippen LogP) is 4.67. The van der Waals surface area contributed by atoms with E-state index in [-0.39, 0.29) is 0 Å². The van der Waals surface area contributed by atoms with Crippen LogP contribution >= 0.6 is 0 Å². The first-order chi connectivity index (χ1) is 10.4. The summed E-state index contributed by atoms with van der Waals surface area (Å²) in [5.74, 6) is 1.93. The molecule has 0 spiro atoms. The van der Waals surface area contributed by atoms with Crippen molar-refractivity contribution in [1.82, 2.24) is 5.32 Å². The maximum Gasteiger partial charge on any atom is 0.0965 e. The molecule has 0 bridgehead atoms. The molecule has 1 aliphatic heterocycles. The lowest BCUT2D eigenvalue weighted by Crippen LogP contribution is -2.38. The standard InChI is InChI=1S/C19H28N2/c1-4-10-16(11-5-1)17-12-6-2-7-13-18(17)21-19-14-8-3-9-15-20-19/h1,4-5,10-11,17-18H,2-3,6-9,12-15H2,(H,20,21)/t17-,18+/m0/s1. The summed E-state index contributed by atoms with van der Waals surface area (Å²) in [5.41, 5.74) is 1.51. The molecule has 2 nitrogen and oxygen atoms in total.